The van der Waals surface area contributed by atoms with Crippen LogP contribution in [-0.2, 0) is 6.42 Å². The third-order valence-electron chi connectivity index (χ3n) is 4.11. The molecule has 1 aromatic carbocycles. The highest BCUT2D eigenvalue weighted by molar-refractivity contribution is 5.86. The van der Waals surface area contributed by atoms with Crippen LogP contribution in [0.3, 0.4) is 0 Å². The van der Waals surface area contributed by atoms with E-state index in [0.29, 0.717) is 0 Å². The van der Waals surface area contributed by atoms with Gasteiger partial charge < -0.3 is 15.5 Å². The number of nitrogens with zero attached hydrogens (tertiary/aromatic N) is 3. The summed E-state index contributed by atoms with van der Waals surface area (Å²) in [5.74, 6) is 1.10. The van der Waals surface area contributed by atoms with Gasteiger partial charge in [0.1, 0.15) is 5.82 Å². The number of anilines is 2. The van der Waals surface area contributed by atoms with Crippen molar-refractivity contribution in [1.29, 1.82) is 0 Å². The molecule has 0 saturated carbocycles. The van der Waals surface area contributed by atoms with Gasteiger partial charge in [-0.2, -0.15) is 0 Å². The summed E-state index contributed by atoms with van der Waals surface area (Å²) in [4.78, 5) is 9.57. The van der Waals surface area contributed by atoms with Crippen LogP contribution in [0.25, 0.3) is 10.9 Å². The molecule has 2 N–H and O–H groups in total. The van der Waals surface area contributed by atoms with Gasteiger partial charge in [-0.25, -0.2) is 4.98 Å². The molecule has 0 atom stereocenters. The fourth-order valence-corrected chi connectivity index (χ4v) is 2.79. The quantitative estimate of drug-likeness (QED) is 0.849. The zero-order valence-electron chi connectivity index (χ0n) is 12.3. The van der Waals surface area contributed by atoms with Crippen LogP contribution in [0.1, 0.15) is 12.5 Å². The Morgan fingerprint density at radius 1 is 1.15 bits per heavy atom. The van der Waals surface area contributed by atoms with Gasteiger partial charge in [-0.15, -0.1) is 0 Å². The summed E-state index contributed by atoms with van der Waals surface area (Å²) in [5, 5.41) is 1.19. The highest BCUT2D eigenvalue weighted by Crippen LogP contribution is 2.25. The number of fused-ring (bicyclic) bond motifs is 1. The number of aryl methyl sites for hydroxylation is 1. The average molecular weight is 270 g/mol. The zero-order chi connectivity index (χ0) is 14.1. The number of nitrogen functional groups attached to an aromatic ring is 1. The van der Waals surface area contributed by atoms with Crippen LogP contribution < -0.4 is 10.6 Å². The Morgan fingerprint density at radius 3 is 2.60 bits per heavy atom. The van der Waals surface area contributed by atoms with Gasteiger partial charge in [0.2, 0.25) is 0 Å². The van der Waals surface area contributed by atoms with E-state index in [4.69, 9.17) is 10.7 Å². The summed E-state index contributed by atoms with van der Waals surface area (Å²) < 4.78 is 0. The Kier molecular flexibility index (Phi) is 3.49. The molecule has 0 spiro atoms. The van der Waals surface area contributed by atoms with Gasteiger partial charge in [0, 0.05) is 37.3 Å². The summed E-state index contributed by atoms with van der Waals surface area (Å²) in [6, 6.07) is 8.23. The molecule has 4 heteroatoms. The van der Waals surface area contributed by atoms with Crippen molar-refractivity contribution < 1.29 is 0 Å². The topological polar surface area (TPSA) is 45.4 Å². The predicted octanol–water partition coefficient (Wildman–Crippen LogP) is 2.13. The molecule has 106 valence electrons. The van der Waals surface area contributed by atoms with Gasteiger partial charge >= 0.3 is 0 Å². The van der Waals surface area contributed by atoms with Crippen molar-refractivity contribution in [3.05, 3.63) is 29.8 Å². The van der Waals surface area contributed by atoms with Crippen molar-refractivity contribution in [2.45, 2.75) is 13.3 Å². The molecule has 1 aliphatic heterocycles. The first-order valence-corrected chi connectivity index (χ1v) is 7.30. The van der Waals surface area contributed by atoms with E-state index in [1.807, 2.05) is 18.2 Å². The monoisotopic (exact) mass is 270 g/mol. The maximum atomic E-state index is 5.90. The second kappa shape index (κ2) is 5.29. The number of nitrogens with two attached hydrogens (primary N) is 1. The SMILES string of the molecule is CCc1cc(N2CCN(C)CC2)nc2ccc(N)cc12. The standard InChI is InChI=1S/C16H22N4/c1-3-12-10-16(20-8-6-19(2)7-9-20)18-15-5-4-13(17)11-14(12)15/h4-5,10-11H,3,6-9,17H2,1-2H3. The fraction of sp³-hybridized carbons (Fsp3) is 0.438. The molecular weight excluding hydrogens is 248 g/mol. The summed E-state index contributed by atoms with van der Waals surface area (Å²) in [6.07, 6.45) is 1.00. The second-order valence-electron chi connectivity index (χ2n) is 5.56. The molecule has 3 rings (SSSR count). The van der Waals surface area contributed by atoms with E-state index in [-0.39, 0.29) is 0 Å². The fourth-order valence-electron chi connectivity index (χ4n) is 2.79. The van der Waals surface area contributed by atoms with Crippen LogP contribution in [0.4, 0.5) is 11.5 Å². The lowest BCUT2D eigenvalue weighted by atomic mass is 10.1. The highest BCUT2D eigenvalue weighted by Gasteiger charge is 2.16. The molecule has 0 bridgehead atoms. The predicted molar refractivity (Wildman–Crippen MR) is 85.2 cm³/mol. The lowest BCUT2D eigenvalue weighted by Crippen LogP contribution is -2.44. The number of hydrogen-bond donors (Lipinski definition) is 1. The first kappa shape index (κ1) is 13.2. The number of likely N-dealkylation sites (N-methyl/N-ethyl adjacent to an activating group) is 1. The number of piperazine rings is 1. The highest BCUT2D eigenvalue weighted by atomic mass is 15.3. The first-order chi connectivity index (χ1) is 9.67. The smallest absolute Gasteiger partial charge is 0.129 e. The molecule has 0 radical (unpaired) electrons. The molecule has 1 fully saturated rings. The number of aromatic nitrogens is 1. The van der Waals surface area contributed by atoms with Crippen molar-refractivity contribution >= 4 is 22.4 Å². The van der Waals surface area contributed by atoms with Crippen LogP contribution in [0.15, 0.2) is 24.3 Å². The summed E-state index contributed by atoms with van der Waals surface area (Å²) in [5.41, 5.74) is 9.09. The van der Waals surface area contributed by atoms with E-state index in [2.05, 4.69) is 29.8 Å². The minimum Gasteiger partial charge on any atom is -0.399 e. The average Bonchev–Trinajstić information content (AvgIpc) is 2.47. The van der Waals surface area contributed by atoms with Crippen molar-refractivity contribution in [3.8, 4) is 0 Å². The van der Waals surface area contributed by atoms with Crippen LogP contribution in [0.5, 0.6) is 0 Å². The van der Waals surface area contributed by atoms with E-state index in [1.54, 1.807) is 0 Å². The molecule has 0 amide bonds. The maximum absolute atomic E-state index is 5.90. The number of pyridine rings is 1. The summed E-state index contributed by atoms with van der Waals surface area (Å²) in [6.45, 7) is 6.48. The van der Waals surface area contributed by atoms with E-state index >= 15 is 0 Å². The number of rotatable bonds is 2. The zero-order valence-corrected chi connectivity index (χ0v) is 12.3. The minimum absolute atomic E-state index is 0.807. The van der Waals surface area contributed by atoms with Gasteiger partial charge in [0.25, 0.3) is 0 Å². The number of hydrogen-bond acceptors (Lipinski definition) is 4. The Balaban J connectivity index is 2.02. The summed E-state index contributed by atoms with van der Waals surface area (Å²) in [7, 11) is 2.17. The van der Waals surface area contributed by atoms with E-state index in [0.717, 1.165) is 49.6 Å². The van der Waals surface area contributed by atoms with Crippen LogP contribution in [0, 0.1) is 0 Å². The maximum Gasteiger partial charge on any atom is 0.129 e. The molecule has 2 heterocycles. The normalized spacial score (nSPS) is 16.8. The lowest BCUT2D eigenvalue weighted by Gasteiger charge is -2.33. The van der Waals surface area contributed by atoms with E-state index in [1.165, 1.54) is 10.9 Å². The molecule has 1 saturated heterocycles. The molecule has 20 heavy (non-hydrogen) atoms. The molecule has 1 aromatic heterocycles. The van der Waals surface area contributed by atoms with Crippen LogP contribution in [-0.4, -0.2) is 43.1 Å². The second-order valence-corrected chi connectivity index (χ2v) is 5.56. The van der Waals surface area contributed by atoms with E-state index < -0.39 is 0 Å². The Bertz CT molecular complexity index is 615. The lowest BCUT2D eigenvalue weighted by molar-refractivity contribution is 0.312. The third-order valence-corrected chi connectivity index (χ3v) is 4.11. The van der Waals surface area contributed by atoms with Crippen molar-refractivity contribution in [2.75, 3.05) is 43.9 Å². The molecular formula is C16H22N4. The van der Waals surface area contributed by atoms with Gasteiger partial charge in [0.05, 0.1) is 5.52 Å². The largest absolute Gasteiger partial charge is 0.399 e. The van der Waals surface area contributed by atoms with E-state index in [9.17, 15) is 0 Å². The Hall–Kier alpha value is -1.81. The van der Waals surface area contributed by atoms with Crippen molar-refractivity contribution in [2.24, 2.45) is 0 Å². The van der Waals surface area contributed by atoms with Gasteiger partial charge in [-0.05, 0) is 43.3 Å². The van der Waals surface area contributed by atoms with Crippen molar-refractivity contribution in [1.82, 2.24) is 9.88 Å². The minimum atomic E-state index is 0.807. The van der Waals surface area contributed by atoms with Crippen LogP contribution >= 0.6 is 0 Å². The third kappa shape index (κ3) is 2.43. The Labute approximate surface area is 120 Å². The molecule has 0 aliphatic carbocycles. The molecule has 0 unspecified atom stereocenters. The first-order valence-electron chi connectivity index (χ1n) is 7.30. The molecule has 1 aliphatic rings. The van der Waals surface area contributed by atoms with Gasteiger partial charge in [-0.1, -0.05) is 6.92 Å². The Morgan fingerprint density at radius 2 is 1.90 bits per heavy atom. The number of benzene rings is 1. The van der Waals surface area contributed by atoms with Crippen LogP contribution in [0.2, 0.25) is 0 Å². The summed E-state index contributed by atoms with van der Waals surface area (Å²) >= 11 is 0. The van der Waals surface area contributed by atoms with Gasteiger partial charge in [-0.3, -0.25) is 0 Å². The van der Waals surface area contributed by atoms with Crippen molar-refractivity contribution in [3.63, 3.8) is 0 Å². The molecule has 4 nitrogen and oxygen atoms in total. The van der Waals surface area contributed by atoms with Gasteiger partial charge in [0.15, 0.2) is 0 Å². The molecule has 2 aromatic rings.